The first-order valence-electron chi connectivity index (χ1n) is 18.8. The van der Waals surface area contributed by atoms with Crippen LogP contribution in [0.3, 0.4) is 0 Å². The Kier molecular flexibility index (Phi) is 8.81. The first-order valence-corrected chi connectivity index (χ1v) is 18.8. The number of hydrogen-bond acceptors (Lipinski definition) is 5. The van der Waals surface area contributed by atoms with Crippen LogP contribution >= 0.6 is 0 Å². The van der Waals surface area contributed by atoms with Crippen LogP contribution in [0.15, 0.2) is 170 Å². The predicted molar refractivity (Wildman–Crippen MR) is 226 cm³/mol. The van der Waals surface area contributed by atoms with E-state index in [9.17, 15) is 0 Å². The van der Waals surface area contributed by atoms with Gasteiger partial charge >= 0.3 is 0 Å². The lowest BCUT2D eigenvalue weighted by Crippen LogP contribution is -2.30. The molecule has 0 radical (unpaired) electrons. The fourth-order valence-corrected chi connectivity index (χ4v) is 7.69. The van der Waals surface area contributed by atoms with Crippen molar-refractivity contribution in [3.8, 4) is 56.0 Å². The molecule has 0 bridgehead atoms. The third-order valence-electron chi connectivity index (χ3n) is 10.4. The van der Waals surface area contributed by atoms with Crippen molar-refractivity contribution in [1.82, 2.24) is 9.97 Å². The van der Waals surface area contributed by atoms with Gasteiger partial charge in [0, 0.05) is 22.5 Å². The van der Waals surface area contributed by atoms with Crippen molar-refractivity contribution in [3.05, 3.63) is 176 Å². The Morgan fingerprint density at radius 1 is 0.611 bits per heavy atom. The summed E-state index contributed by atoms with van der Waals surface area (Å²) in [5.74, 6) is 0.696. The summed E-state index contributed by atoms with van der Waals surface area (Å²) >= 11 is 0. The molecule has 2 heterocycles. The smallest absolute Gasteiger partial charge is 0.160 e. The second-order valence-corrected chi connectivity index (χ2v) is 13.9. The fraction of sp³-hybridized carbons (Fsp3) is 0.102. The van der Waals surface area contributed by atoms with Crippen molar-refractivity contribution in [2.75, 3.05) is 16.0 Å². The van der Waals surface area contributed by atoms with Crippen molar-refractivity contribution in [2.45, 2.75) is 32.4 Å². The number of anilines is 4. The van der Waals surface area contributed by atoms with Crippen LogP contribution in [0.25, 0.3) is 61.6 Å². The van der Waals surface area contributed by atoms with Crippen LogP contribution in [0.1, 0.15) is 31.9 Å². The highest BCUT2D eigenvalue weighted by molar-refractivity contribution is 5.89. The molecule has 9 rings (SSSR count). The first kappa shape index (κ1) is 33.1. The summed E-state index contributed by atoms with van der Waals surface area (Å²) in [5.41, 5.74) is 22.4. The molecule has 2 aliphatic rings. The molecule has 0 spiro atoms. The van der Waals surface area contributed by atoms with Gasteiger partial charge < -0.3 is 16.0 Å². The van der Waals surface area contributed by atoms with Crippen LogP contribution in [-0.4, -0.2) is 16.1 Å². The normalized spacial score (nSPS) is 14.7. The third-order valence-corrected chi connectivity index (χ3v) is 10.4. The Morgan fingerprint density at radius 2 is 1.30 bits per heavy atom. The van der Waals surface area contributed by atoms with Gasteiger partial charge in [-0.2, -0.15) is 0 Å². The molecule has 0 saturated heterocycles. The lowest BCUT2D eigenvalue weighted by atomic mass is 9.91. The number of nitrogens with one attached hydrogen (secondary N) is 1. The van der Waals surface area contributed by atoms with Gasteiger partial charge in [0.05, 0.1) is 22.8 Å². The largest absolute Gasteiger partial charge is 0.399 e. The van der Waals surface area contributed by atoms with Gasteiger partial charge in [0.2, 0.25) is 0 Å². The minimum atomic E-state index is 0.205. The van der Waals surface area contributed by atoms with Gasteiger partial charge in [0.15, 0.2) is 5.82 Å². The van der Waals surface area contributed by atoms with Crippen molar-refractivity contribution in [3.63, 3.8) is 0 Å². The summed E-state index contributed by atoms with van der Waals surface area (Å²) in [6.45, 7) is 2.22. The maximum absolute atomic E-state index is 6.49. The Bertz CT molecular complexity index is 2550. The van der Waals surface area contributed by atoms with Crippen molar-refractivity contribution < 1.29 is 0 Å². The Labute approximate surface area is 317 Å². The van der Waals surface area contributed by atoms with E-state index in [4.69, 9.17) is 15.7 Å². The average Bonchev–Trinajstić information content (AvgIpc) is 3.63. The highest BCUT2D eigenvalue weighted by Gasteiger charge is 2.28. The number of hydrogen-bond donors (Lipinski definition) is 2. The predicted octanol–water partition coefficient (Wildman–Crippen LogP) is 12.4. The number of allylic oxidation sites excluding steroid dienone is 4. The molecule has 1 aliphatic carbocycles. The second-order valence-electron chi connectivity index (χ2n) is 13.9. The molecule has 5 heteroatoms. The summed E-state index contributed by atoms with van der Waals surface area (Å²) in [4.78, 5) is 12.7. The molecule has 5 nitrogen and oxygen atoms in total. The molecule has 0 fully saturated rings. The van der Waals surface area contributed by atoms with Crippen molar-refractivity contribution in [1.29, 1.82) is 0 Å². The monoisotopic (exact) mass is 699 g/mol. The van der Waals surface area contributed by atoms with Crippen molar-refractivity contribution in [2.24, 2.45) is 0 Å². The van der Waals surface area contributed by atoms with Crippen LogP contribution in [0.2, 0.25) is 0 Å². The average molecular weight is 700 g/mol. The molecule has 1 aliphatic heterocycles. The zero-order valence-corrected chi connectivity index (χ0v) is 30.3. The molecule has 6 aromatic carbocycles. The molecule has 0 saturated carbocycles. The van der Waals surface area contributed by atoms with Gasteiger partial charge in [-0.1, -0.05) is 122 Å². The Morgan fingerprint density at radius 3 is 2.11 bits per heavy atom. The summed E-state index contributed by atoms with van der Waals surface area (Å²) in [6, 6.07) is 53.4. The molecule has 1 unspecified atom stereocenters. The standard InChI is InChI=1S/C49H41N5/c1-2-48-51-44-24-9-10-25-47(44)54(48)41-23-13-19-36(30-41)35-18-11-20-37(28-35)42-27-26-40(50)31-43(42)38-21-12-22-39(29-38)49-52-45(33-14-5-3-6-15-33)32-46(53-49)34-16-7-4-8-17-34/h3,5-7,9-32,48,51H,2,4,8,50H2,1H3. The molecular formula is C49H41N5. The lowest BCUT2D eigenvalue weighted by molar-refractivity contribution is 0.728. The van der Waals surface area contributed by atoms with Gasteiger partial charge in [-0.3, -0.25) is 0 Å². The highest BCUT2D eigenvalue weighted by atomic mass is 15.3. The van der Waals surface area contributed by atoms with Gasteiger partial charge in [0.1, 0.15) is 6.17 Å². The summed E-state index contributed by atoms with van der Waals surface area (Å²) in [6.07, 6.45) is 9.92. The minimum absolute atomic E-state index is 0.205. The van der Waals surface area contributed by atoms with Crippen LogP contribution in [0, 0.1) is 0 Å². The van der Waals surface area contributed by atoms with E-state index in [1.54, 1.807) is 0 Å². The molecule has 7 aromatic rings. The van der Waals surface area contributed by atoms with E-state index < -0.39 is 0 Å². The van der Waals surface area contributed by atoms with E-state index in [2.05, 4.69) is 175 Å². The maximum atomic E-state index is 6.49. The van der Waals surface area contributed by atoms with Crippen LogP contribution < -0.4 is 16.0 Å². The fourth-order valence-electron chi connectivity index (χ4n) is 7.69. The second kappa shape index (κ2) is 14.4. The number of aromatic nitrogens is 2. The van der Waals surface area contributed by atoms with E-state index in [1.807, 2.05) is 12.1 Å². The van der Waals surface area contributed by atoms with E-state index in [0.717, 1.165) is 75.2 Å². The zero-order chi connectivity index (χ0) is 36.4. The molecule has 54 heavy (non-hydrogen) atoms. The van der Waals surface area contributed by atoms with E-state index in [-0.39, 0.29) is 6.17 Å². The third kappa shape index (κ3) is 6.45. The minimum Gasteiger partial charge on any atom is -0.399 e. The number of para-hydroxylation sites is 2. The van der Waals surface area contributed by atoms with Crippen LogP contribution in [0.5, 0.6) is 0 Å². The maximum Gasteiger partial charge on any atom is 0.160 e. The Balaban J connectivity index is 1.09. The van der Waals surface area contributed by atoms with E-state index in [1.165, 1.54) is 22.6 Å². The lowest BCUT2D eigenvalue weighted by Gasteiger charge is -2.26. The summed E-state index contributed by atoms with van der Waals surface area (Å²) < 4.78 is 0. The number of nitrogens with zero attached hydrogens (tertiary/aromatic N) is 3. The number of rotatable bonds is 8. The topological polar surface area (TPSA) is 67.1 Å². The molecular weight excluding hydrogens is 659 g/mol. The van der Waals surface area contributed by atoms with Crippen LogP contribution in [-0.2, 0) is 0 Å². The van der Waals surface area contributed by atoms with Gasteiger partial charge in [-0.15, -0.1) is 0 Å². The summed E-state index contributed by atoms with van der Waals surface area (Å²) in [5, 5.41) is 3.69. The number of fused-ring (bicyclic) bond motifs is 1. The SMILES string of the molecule is CCC1Nc2ccccc2N1c1cccc(-c2cccc(-c3ccc(N)cc3-c3cccc(-c4nc(C5=CCCC=C5)cc(-c5ccccc5)n4)c3)c2)c1. The first-order chi connectivity index (χ1) is 26.6. The molecule has 3 N–H and O–H groups in total. The van der Waals surface area contributed by atoms with E-state index in [0.29, 0.717) is 11.5 Å². The molecule has 1 atom stereocenters. The quantitative estimate of drug-likeness (QED) is 0.155. The van der Waals surface area contributed by atoms with Gasteiger partial charge in [-0.25, -0.2) is 9.97 Å². The van der Waals surface area contributed by atoms with Crippen LogP contribution in [0.4, 0.5) is 22.7 Å². The van der Waals surface area contributed by atoms with Crippen molar-refractivity contribution >= 4 is 28.3 Å². The molecule has 1 aromatic heterocycles. The number of nitrogen functional groups attached to an aromatic ring is 1. The zero-order valence-electron chi connectivity index (χ0n) is 30.3. The Hall–Kier alpha value is -6.72. The number of benzene rings is 6. The highest BCUT2D eigenvalue weighted by Crippen LogP contribution is 2.42. The molecule has 0 amide bonds. The summed E-state index contributed by atoms with van der Waals surface area (Å²) in [7, 11) is 0. The molecule has 262 valence electrons. The van der Waals surface area contributed by atoms with Gasteiger partial charge in [0.25, 0.3) is 0 Å². The van der Waals surface area contributed by atoms with Gasteiger partial charge in [-0.05, 0) is 113 Å². The van der Waals surface area contributed by atoms with E-state index >= 15 is 0 Å². The number of nitrogens with two attached hydrogens (primary N) is 1.